The van der Waals surface area contributed by atoms with E-state index in [1.807, 2.05) is 18.3 Å². The highest BCUT2D eigenvalue weighted by Crippen LogP contribution is 2.12. The first-order valence-electron chi connectivity index (χ1n) is 7.06. The Morgan fingerprint density at radius 1 is 1.20 bits per heavy atom. The molecule has 0 fully saturated rings. The van der Waals surface area contributed by atoms with Crippen molar-refractivity contribution in [2.24, 2.45) is 0 Å². The highest BCUT2D eigenvalue weighted by Gasteiger charge is 2.04. The number of rotatable bonds is 7. The highest BCUT2D eigenvalue weighted by molar-refractivity contribution is 5.39. The fourth-order valence-electron chi connectivity index (χ4n) is 2.02. The number of anilines is 1. The highest BCUT2D eigenvalue weighted by atomic mass is 15.2. The molecule has 20 heavy (non-hydrogen) atoms. The molecule has 2 heterocycles. The zero-order valence-corrected chi connectivity index (χ0v) is 12.2. The summed E-state index contributed by atoms with van der Waals surface area (Å²) >= 11 is 0. The normalized spacial score (nSPS) is 10.5. The Labute approximate surface area is 120 Å². The number of pyridine rings is 2. The number of hydrogen-bond acceptors (Lipinski definition) is 4. The fourth-order valence-corrected chi connectivity index (χ4v) is 2.02. The molecule has 0 bridgehead atoms. The van der Waals surface area contributed by atoms with Crippen LogP contribution in [0, 0.1) is 0 Å². The lowest BCUT2D eigenvalue weighted by Gasteiger charge is -2.18. The maximum atomic E-state index is 4.68. The van der Waals surface area contributed by atoms with Gasteiger partial charge in [0.15, 0.2) is 0 Å². The van der Waals surface area contributed by atoms with Crippen LogP contribution in [0.25, 0.3) is 0 Å². The molecule has 2 aromatic heterocycles. The summed E-state index contributed by atoms with van der Waals surface area (Å²) in [5.74, 6) is 0.990. The van der Waals surface area contributed by atoms with Crippen molar-refractivity contribution in [3.63, 3.8) is 0 Å². The molecular formula is C16H22N4. The van der Waals surface area contributed by atoms with E-state index >= 15 is 0 Å². The van der Waals surface area contributed by atoms with Crippen molar-refractivity contribution >= 4 is 5.82 Å². The summed E-state index contributed by atoms with van der Waals surface area (Å²) in [6.07, 6.45) is 4.82. The van der Waals surface area contributed by atoms with Gasteiger partial charge in [-0.15, -0.1) is 0 Å². The predicted molar refractivity (Wildman–Crippen MR) is 82.6 cm³/mol. The maximum Gasteiger partial charge on any atom is 0.128 e. The Morgan fingerprint density at radius 3 is 2.85 bits per heavy atom. The summed E-state index contributed by atoms with van der Waals surface area (Å²) in [5, 5.41) is 3.38. The summed E-state index contributed by atoms with van der Waals surface area (Å²) in [6.45, 7) is 4.82. The fraction of sp³-hybridized carbons (Fsp3) is 0.375. The van der Waals surface area contributed by atoms with E-state index < -0.39 is 0 Å². The molecule has 4 nitrogen and oxygen atoms in total. The maximum absolute atomic E-state index is 4.68. The Hall–Kier alpha value is -1.94. The minimum atomic E-state index is 0.812. The van der Waals surface area contributed by atoms with E-state index in [1.54, 1.807) is 6.20 Å². The molecule has 0 amide bonds. The number of nitrogens with one attached hydrogen (secondary N) is 1. The van der Waals surface area contributed by atoms with Crippen LogP contribution in [0.15, 0.2) is 42.7 Å². The van der Waals surface area contributed by atoms with E-state index in [-0.39, 0.29) is 0 Å². The van der Waals surface area contributed by atoms with Gasteiger partial charge in [0, 0.05) is 32.5 Å². The van der Waals surface area contributed by atoms with Gasteiger partial charge in [-0.05, 0) is 36.7 Å². The molecule has 2 rings (SSSR count). The molecule has 0 spiro atoms. The van der Waals surface area contributed by atoms with Crippen LogP contribution in [0.3, 0.4) is 0 Å². The van der Waals surface area contributed by atoms with Crippen molar-refractivity contribution in [2.75, 3.05) is 18.5 Å². The van der Waals surface area contributed by atoms with Crippen LogP contribution in [-0.2, 0) is 13.1 Å². The van der Waals surface area contributed by atoms with Crippen molar-refractivity contribution < 1.29 is 0 Å². The molecule has 106 valence electrons. The predicted octanol–water partition coefficient (Wildman–Crippen LogP) is 2.61. The van der Waals surface area contributed by atoms with Crippen LogP contribution in [-0.4, -0.2) is 23.6 Å². The lowest BCUT2D eigenvalue weighted by molar-refractivity contribution is 0.663. The van der Waals surface area contributed by atoms with Crippen LogP contribution < -0.4 is 10.2 Å². The lowest BCUT2D eigenvalue weighted by Crippen LogP contribution is -2.20. The molecule has 0 aromatic carbocycles. The van der Waals surface area contributed by atoms with E-state index in [2.05, 4.69) is 52.4 Å². The third-order valence-electron chi connectivity index (χ3n) is 3.06. The first-order valence-corrected chi connectivity index (χ1v) is 7.06. The molecule has 0 aliphatic rings. The summed E-state index contributed by atoms with van der Waals surface area (Å²) in [4.78, 5) is 11.0. The van der Waals surface area contributed by atoms with Gasteiger partial charge in [0.1, 0.15) is 5.82 Å². The van der Waals surface area contributed by atoms with Gasteiger partial charge in [-0.25, -0.2) is 4.98 Å². The van der Waals surface area contributed by atoms with Gasteiger partial charge in [0.25, 0.3) is 0 Å². The van der Waals surface area contributed by atoms with Crippen molar-refractivity contribution in [1.29, 1.82) is 0 Å². The van der Waals surface area contributed by atoms with Gasteiger partial charge in [-0.2, -0.15) is 0 Å². The molecule has 0 atom stereocenters. The minimum Gasteiger partial charge on any atom is -0.355 e. The molecular weight excluding hydrogens is 248 g/mol. The van der Waals surface area contributed by atoms with Gasteiger partial charge < -0.3 is 10.2 Å². The summed E-state index contributed by atoms with van der Waals surface area (Å²) in [6, 6.07) is 10.2. The van der Waals surface area contributed by atoms with Crippen molar-refractivity contribution in [2.45, 2.75) is 26.4 Å². The Kier molecular flexibility index (Phi) is 5.50. The number of hydrogen-bond donors (Lipinski definition) is 1. The lowest BCUT2D eigenvalue weighted by atomic mass is 10.2. The monoisotopic (exact) mass is 270 g/mol. The van der Waals surface area contributed by atoms with Crippen molar-refractivity contribution in [3.8, 4) is 0 Å². The van der Waals surface area contributed by atoms with Gasteiger partial charge in [0.05, 0.1) is 5.69 Å². The third kappa shape index (κ3) is 4.31. The molecule has 0 unspecified atom stereocenters. The summed E-state index contributed by atoms with van der Waals surface area (Å²) < 4.78 is 0. The van der Waals surface area contributed by atoms with Gasteiger partial charge >= 0.3 is 0 Å². The third-order valence-corrected chi connectivity index (χ3v) is 3.06. The number of aromatic nitrogens is 2. The SMILES string of the molecule is CCCNCc1cccc(N(C)Cc2cccnc2)n1. The summed E-state index contributed by atoms with van der Waals surface area (Å²) in [7, 11) is 2.05. The minimum absolute atomic E-state index is 0.812. The van der Waals surface area contributed by atoms with Crippen molar-refractivity contribution in [1.82, 2.24) is 15.3 Å². The molecule has 4 heteroatoms. The molecule has 0 aliphatic heterocycles. The van der Waals surface area contributed by atoms with E-state index in [9.17, 15) is 0 Å². The molecule has 0 saturated carbocycles. The van der Waals surface area contributed by atoms with E-state index in [0.717, 1.165) is 37.6 Å². The Bertz CT molecular complexity index is 513. The van der Waals surface area contributed by atoms with E-state index in [4.69, 9.17) is 0 Å². The van der Waals surface area contributed by atoms with Crippen LogP contribution in [0.2, 0.25) is 0 Å². The molecule has 2 aromatic rings. The van der Waals surface area contributed by atoms with Gasteiger partial charge in [-0.1, -0.05) is 19.1 Å². The molecule has 1 N–H and O–H groups in total. The second-order valence-corrected chi connectivity index (χ2v) is 4.88. The standard InChI is InChI=1S/C16H22N4/c1-3-9-17-12-15-7-4-8-16(19-15)20(2)13-14-6-5-10-18-11-14/h4-8,10-11,17H,3,9,12-13H2,1-2H3. The van der Waals surface area contributed by atoms with Crippen LogP contribution >= 0.6 is 0 Å². The number of nitrogens with zero attached hydrogens (tertiary/aromatic N) is 3. The topological polar surface area (TPSA) is 41.0 Å². The summed E-state index contributed by atoms with van der Waals surface area (Å²) in [5.41, 5.74) is 2.26. The Morgan fingerprint density at radius 2 is 2.10 bits per heavy atom. The van der Waals surface area contributed by atoms with Gasteiger partial charge in [-0.3, -0.25) is 4.98 Å². The smallest absolute Gasteiger partial charge is 0.128 e. The average Bonchev–Trinajstić information content (AvgIpc) is 2.49. The Balaban J connectivity index is 1.99. The quantitative estimate of drug-likeness (QED) is 0.785. The molecule has 0 radical (unpaired) electrons. The first kappa shape index (κ1) is 14.5. The van der Waals surface area contributed by atoms with E-state index in [0.29, 0.717) is 0 Å². The second-order valence-electron chi connectivity index (χ2n) is 4.88. The zero-order valence-electron chi connectivity index (χ0n) is 12.2. The molecule has 0 aliphatic carbocycles. The largest absolute Gasteiger partial charge is 0.355 e. The first-order chi connectivity index (χ1) is 9.79. The average molecular weight is 270 g/mol. The second kappa shape index (κ2) is 7.60. The molecule has 0 saturated heterocycles. The van der Waals surface area contributed by atoms with Crippen LogP contribution in [0.1, 0.15) is 24.6 Å². The van der Waals surface area contributed by atoms with Gasteiger partial charge in [0.2, 0.25) is 0 Å². The van der Waals surface area contributed by atoms with Crippen LogP contribution in [0.5, 0.6) is 0 Å². The van der Waals surface area contributed by atoms with Crippen LogP contribution in [0.4, 0.5) is 5.82 Å². The van der Waals surface area contributed by atoms with E-state index in [1.165, 1.54) is 5.56 Å². The van der Waals surface area contributed by atoms with Crippen molar-refractivity contribution in [3.05, 3.63) is 54.0 Å². The zero-order chi connectivity index (χ0) is 14.2.